The molecule has 122 valence electrons. The molecule has 2 aromatic rings. The Morgan fingerprint density at radius 2 is 1.70 bits per heavy atom. The van der Waals surface area contributed by atoms with Gasteiger partial charge in [0, 0.05) is 18.3 Å². The standard InChI is InChI=1S/C15H12F3N2.2ClH.Ti/c1-9-4-3-5-10(14(9)19-2)8-20-15-12(17)6-11(16)7-13(15)18;;;/h3-8H,1-2H3;2*1H;/q-1;;;+2/p-2. The number of rotatable bonds is 3. The summed E-state index contributed by atoms with van der Waals surface area (Å²) in [6.07, 6.45) is 1.31. The Morgan fingerprint density at radius 1 is 1.13 bits per heavy atom. The van der Waals surface area contributed by atoms with E-state index in [2.05, 4.69) is 10.3 Å². The Balaban J connectivity index is 0.000000816. The number of aliphatic imine (C=N–C) groups is 1. The third-order valence-electron chi connectivity index (χ3n) is 2.81. The molecular weight excluding hydrogens is 384 g/mol. The summed E-state index contributed by atoms with van der Waals surface area (Å²) in [5, 5.41) is 4.10. The fourth-order valence-corrected chi connectivity index (χ4v) is 1.88. The average Bonchev–Trinajstić information content (AvgIpc) is 2.47. The van der Waals surface area contributed by atoms with Crippen LogP contribution in [-0.2, 0) is 17.0 Å². The number of aryl methyl sites for hydroxylation is 1. The van der Waals surface area contributed by atoms with Crippen LogP contribution in [0.5, 0.6) is 0 Å². The van der Waals surface area contributed by atoms with Crippen LogP contribution in [0.1, 0.15) is 11.1 Å². The first-order chi connectivity index (χ1) is 10.9. The van der Waals surface area contributed by atoms with Crippen LogP contribution in [0.25, 0.3) is 5.32 Å². The molecule has 0 saturated heterocycles. The van der Waals surface area contributed by atoms with Gasteiger partial charge in [0.05, 0.1) is 0 Å². The molecule has 0 N–H and O–H groups in total. The number of benzene rings is 2. The van der Waals surface area contributed by atoms with Gasteiger partial charge in [-0.2, -0.15) is 0 Å². The average molecular weight is 396 g/mol. The maximum atomic E-state index is 13.5. The topological polar surface area (TPSA) is 26.5 Å². The second-order valence-electron chi connectivity index (χ2n) is 4.28. The fraction of sp³-hybridized carbons (Fsp3) is 0.133. The van der Waals surface area contributed by atoms with Crippen molar-refractivity contribution in [3.8, 4) is 0 Å². The van der Waals surface area contributed by atoms with Crippen LogP contribution in [0.4, 0.5) is 24.5 Å². The summed E-state index contributed by atoms with van der Waals surface area (Å²) in [6, 6.07) is 6.59. The minimum atomic E-state index is -1.04. The Labute approximate surface area is 149 Å². The molecule has 0 aromatic heterocycles. The molecule has 0 fully saturated rings. The summed E-state index contributed by atoms with van der Waals surface area (Å²) < 4.78 is 39.7. The quantitative estimate of drug-likeness (QED) is 0.438. The summed E-state index contributed by atoms with van der Waals surface area (Å²) in [5.74, 6) is -3.05. The van der Waals surface area contributed by atoms with E-state index in [0.29, 0.717) is 23.4 Å². The molecule has 2 nitrogen and oxygen atoms in total. The van der Waals surface area contributed by atoms with E-state index >= 15 is 0 Å². The van der Waals surface area contributed by atoms with E-state index in [9.17, 15) is 13.2 Å². The molecule has 2 rings (SSSR count). The summed E-state index contributed by atoms with van der Waals surface area (Å²) in [6.45, 7) is 1.87. The summed E-state index contributed by atoms with van der Waals surface area (Å²) >= 11 is -0.556. The molecule has 23 heavy (non-hydrogen) atoms. The van der Waals surface area contributed by atoms with Gasteiger partial charge in [0.25, 0.3) is 0 Å². The van der Waals surface area contributed by atoms with Crippen molar-refractivity contribution in [2.45, 2.75) is 6.92 Å². The first-order valence-electron chi connectivity index (χ1n) is 6.28. The molecule has 2 aromatic carbocycles. The molecule has 0 aliphatic heterocycles. The summed E-state index contributed by atoms with van der Waals surface area (Å²) in [4.78, 5) is 3.76. The van der Waals surface area contributed by atoms with E-state index in [0.717, 1.165) is 5.56 Å². The predicted octanol–water partition coefficient (Wildman–Crippen LogP) is 6.17. The van der Waals surface area contributed by atoms with Crippen molar-refractivity contribution in [2.75, 3.05) is 7.05 Å². The van der Waals surface area contributed by atoms with Gasteiger partial charge in [0.2, 0.25) is 0 Å². The van der Waals surface area contributed by atoms with E-state index in [1.807, 2.05) is 13.0 Å². The van der Waals surface area contributed by atoms with Gasteiger partial charge in [-0.15, -0.1) is 12.7 Å². The van der Waals surface area contributed by atoms with Crippen LogP contribution in [0.15, 0.2) is 35.3 Å². The summed E-state index contributed by atoms with van der Waals surface area (Å²) in [5.41, 5.74) is 1.74. The molecule has 0 radical (unpaired) electrons. The van der Waals surface area contributed by atoms with Gasteiger partial charge in [0.1, 0.15) is 11.5 Å². The number of para-hydroxylation sites is 1. The third-order valence-corrected chi connectivity index (χ3v) is 2.81. The van der Waals surface area contributed by atoms with Crippen LogP contribution in [-0.4, -0.2) is 13.3 Å². The molecule has 0 aliphatic carbocycles. The molecule has 0 amide bonds. The third kappa shape index (κ3) is 5.85. The Bertz CT molecular complexity index is 673. The first kappa shape index (κ1) is 20.0. The zero-order valence-corrected chi connectivity index (χ0v) is 15.3. The Hall–Kier alpha value is -1.01. The number of hydrogen-bond acceptors (Lipinski definition) is 1. The minimum absolute atomic E-state index is 0.519. The van der Waals surface area contributed by atoms with Gasteiger partial charge >= 0.3 is 35.6 Å². The molecule has 0 heterocycles. The van der Waals surface area contributed by atoms with Gasteiger partial charge in [-0.3, -0.25) is 4.99 Å². The van der Waals surface area contributed by atoms with E-state index in [-0.39, 0.29) is 0 Å². The van der Waals surface area contributed by atoms with Crippen LogP contribution >= 0.6 is 18.6 Å². The van der Waals surface area contributed by atoms with Crippen molar-refractivity contribution < 1.29 is 30.2 Å². The van der Waals surface area contributed by atoms with Crippen LogP contribution in [0, 0.1) is 24.4 Å². The molecule has 8 heteroatoms. The van der Waals surface area contributed by atoms with E-state index in [4.69, 9.17) is 18.6 Å². The zero-order chi connectivity index (χ0) is 17.4. The van der Waals surface area contributed by atoms with Crippen molar-refractivity contribution in [1.82, 2.24) is 0 Å². The van der Waals surface area contributed by atoms with Crippen molar-refractivity contribution >= 4 is 36.2 Å². The second-order valence-corrected chi connectivity index (χ2v) is 6.86. The Morgan fingerprint density at radius 3 is 2.22 bits per heavy atom. The first-order valence-corrected chi connectivity index (χ1v) is 10.6. The molecule has 0 atom stereocenters. The van der Waals surface area contributed by atoms with Crippen molar-refractivity contribution in [3.63, 3.8) is 0 Å². The normalized spacial score (nSPS) is 10.2. The van der Waals surface area contributed by atoms with Crippen LogP contribution in [0.2, 0.25) is 0 Å². The van der Waals surface area contributed by atoms with Gasteiger partial charge in [0.15, 0.2) is 11.6 Å². The molecular formula is C15H12Cl2F3N2Ti-. The van der Waals surface area contributed by atoms with Crippen LogP contribution < -0.4 is 0 Å². The maximum absolute atomic E-state index is 13.5. The van der Waals surface area contributed by atoms with Gasteiger partial charge < -0.3 is 5.32 Å². The van der Waals surface area contributed by atoms with E-state index in [1.165, 1.54) is 6.21 Å². The molecule has 0 saturated carbocycles. The SMILES string of the molecule is C[N-]c1c(C)cccc1C=Nc1c(F)cc(F)cc1F.[Cl][Ti][Cl]. The fourth-order valence-electron chi connectivity index (χ4n) is 1.88. The van der Waals surface area contributed by atoms with Crippen molar-refractivity contribution in [2.24, 2.45) is 4.99 Å². The van der Waals surface area contributed by atoms with Crippen molar-refractivity contribution in [1.29, 1.82) is 0 Å². The van der Waals surface area contributed by atoms with E-state index in [1.54, 1.807) is 19.2 Å². The zero-order valence-electron chi connectivity index (χ0n) is 12.2. The molecule has 0 spiro atoms. The molecule has 0 unspecified atom stereocenters. The number of hydrogen-bond donors (Lipinski definition) is 0. The number of halogens is 5. The molecule has 0 aliphatic rings. The number of nitrogens with zero attached hydrogens (tertiary/aromatic N) is 2. The van der Waals surface area contributed by atoms with E-state index < -0.39 is 40.2 Å². The Kier molecular flexibility index (Phi) is 8.70. The van der Waals surface area contributed by atoms with Crippen LogP contribution in [0.3, 0.4) is 0 Å². The van der Waals surface area contributed by atoms with Gasteiger partial charge in [-0.1, -0.05) is 23.8 Å². The van der Waals surface area contributed by atoms with Gasteiger partial charge in [-0.25, -0.2) is 13.2 Å². The summed E-state index contributed by atoms with van der Waals surface area (Å²) in [7, 11) is 11.4. The predicted molar refractivity (Wildman–Crippen MR) is 85.4 cm³/mol. The second kappa shape index (κ2) is 9.98. The molecule has 0 bridgehead atoms. The monoisotopic (exact) mass is 395 g/mol. The van der Waals surface area contributed by atoms with Crippen molar-refractivity contribution in [3.05, 3.63) is 64.2 Å². The van der Waals surface area contributed by atoms with Gasteiger partial charge in [-0.05, 0) is 12.5 Å².